The minimum atomic E-state index is -0.454. The molecule has 7 heteroatoms. The molecule has 2 N–H and O–H groups in total. The van der Waals surface area contributed by atoms with Gasteiger partial charge in [-0.15, -0.1) is 0 Å². The van der Waals surface area contributed by atoms with E-state index >= 15 is 0 Å². The first kappa shape index (κ1) is 13.7. The van der Waals surface area contributed by atoms with Crippen molar-refractivity contribution in [1.82, 2.24) is 9.97 Å². The lowest BCUT2D eigenvalue weighted by atomic mass is 10.1. The van der Waals surface area contributed by atoms with Crippen LogP contribution in [0.15, 0.2) is 36.7 Å². The van der Waals surface area contributed by atoms with Crippen LogP contribution in [0.2, 0.25) is 0 Å². The Hall–Kier alpha value is -2.70. The van der Waals surface area contributed by atoms with Crippen LogP contribution in [-0.2, 0) is 0 Å². The number of pyridine rings is 2. The molecule has 0 aliphatic heterocycles. The van der Waals surface area contributed by atoms with Crippen molar-refractivity contribution in [2.45, 2.75) is 13.0 Å². The van der Waals surface area contributed by atoms with Crippen molar-refractivity contribution < 1.29 is 4.92 Å². The van der Waals surface area contributed by atoms with Crippen molar-refractivity contribution in [2.24, 2.45) is 0 Å². The summed E-state index contributed by atoms with van der Waals surface area (Å²) in [6.45, 7) is 1.90. The third kappa shape index (κ3) is 3.00. The summed E-state index contributed by atoms with van der Waals surface area (Å²) >= 11 is 0. The molecule has 0 saturated carbocycles. The van der Waals surface area contributed by atoms with E-state index in [1.165, 1.54) is 6.07 Å². The Morgan fingerprint density at radius 2 is 2.15 bits per heavy atom. The molecule has 0 fully saturated rings. The molecule has 0 spiro atoms. The largest absolute Gasteiger partial charge is 0.373 e. The van der Waals surface area contributed by atoms with Crippen molar-refractivity contribution in [3.8, 4) is 0 Å². The Balaban J connectivity index is 2.29. The molecule has 0 aliphatic carbocycles. The van der Waals surface area contributed by atoms with Gasteiger partial charge in [0.25, 0.3) is 0 Å². The monoisotopic (exact) mass is 273 g/mol. The van der Waals surface area contributed by atoms with Crippen LogP contribution in [0.4, 0.5) is 17.3 Å². The Morgan fingerprint density at radius 1 is 1.35 bits per heavy atom. The van der Waals surface area contributed by atoms with Gasteiger partial charge >= 0.3 is 5.69 Å². The number of anilines is 2. The summed E-state index contributed by atoms with van der Waals surface area (Å²) in [4.78, 5) is 18.8. The SMILES string of the molecule is CNc1ccc([N+](=O)[O-])c(NC(C)c2cccnc2)n1. The summed E-state index contributed by atoms with van der Waals surface area (Å²) in [5.41, 5.74) is 0.873. The second-order valence-electron chi connectivity index (χ2n) is 4.22. The summed E-state index contributed by atoms with van der Waals surface area (Å²) in [5, 5.41) is 16.9. The van der Waals surface area contributed by atoms with Crippen LogP contribution in [0.3, 0.4) is 0 Å². The molecular formula is C13H15N5O2. The molecular weight excluding hydrogens is 258 g/mol. The zero-order valence-corrected chi connectivity index (χ0v) is 11.2. The van der Waals surface area contributed by atoms with E-state index < -0.39 is 4.92 Å². The van der Waals surface area contributed by atoms with E-state index in [4.69, 9.17) is 0 Å². The second kappa shape index (κ2) is 5.96. The van der Waals surface area contributed by atoms with E-state index in [0.717, 1.165) is 5.56 Å². The van der Waals surface area contributed by atoms with Gasteiger partial charge in [0.15, 0.2) is 0 Å². The van der Waals surface area contributed by atoms with E-state index in [0.29, 0.717) is 5.82 Å². The number of nitrogens with zero attached hydrogens (tertiary/aromatic N) is 3. The normalized spacial score (nSPS) is 11.7. The molecule has 1 atom stereocenters. The molecule has 2 aromatic rings. The summed E-state index contributed by atoms with van der Waals surface area (Å²) in [7, 11) is 1.71. The summed E-state index contributed by atoms with van der Waals surface area (Å²) in [5.74, 6) is 0.801. The van der Waals surface area contributed by atoms with Gasteiger partial charge in [-0.1, -0.05) is 6.07 Å². The number of nitrogens with one attached hydrogen (secondary N) is 2. The minimum Gasteiger partial charge on any atom is -0.373 e. The maximum absolute atomic E-state index is 11.0. The van der Waals surface area contributed by atoms with Crippen molar-refractivity contribution in [3.63, 3.8) is 0 Å². The Bertz CT molecular complexity index is 603. The van der Waals surface area contributed by atoms with Crippen molar-refractivity contribution in [2.75, 3.05) is 17.7 Å². The first-order valence-corrected chi connectivity index (χ1v) is 6.11. The molecule has 7 nitrogen and oxygen atoms in total. The van der Waals surface area contributed by atoms with Crippen LogP contribution in [0.5, 0.6) is 0 Å². The Kier molecular flexibility index (Phi) is 4.09. The average molecular weight is 273 g/mol. The molecule has 0 aliphatic rings. The fourth-order valence-corrected chi connectivity index (χ4v) is 1.77. The molecule has 20 heavy (non-hydrogen) atoms. The molecule has 0 amide bonds. The van der Waals surface area contributed by atoms with E-state index in [1.54, 1.807) is 25.5 Å². The zero-order chi connectivity index (χ0) is 14.5. The maximum Gasteiger partial charge on any atom is 0.311 e. The quantitative estimate of drug-likeness (QED) is 0.642. The molecule has 0 saturated heterocycles. The first-order chi connectivity index (χ1) is 9.61. The van der Waals surface area contributed by atoms with Gasteiger partial charge in [0, 0.05) is 25.5 Å². The van der Waals surface area contributed by atoms with Gasteiger partial charge in [-0.05, 0) is 24.6 Å². The topological polar surface area (TPSA) is 93.0 Å². The first-order valence-electron chi connectivity index (χ1n) is 6.11. The van der Waals surface area contributed by atoms with Crippen molar-refractivity contribution >= 4 is 17.3 Å². The molecule has 0 aromatic carbocycles. The number of rotatable bonds is 5. The lowest BCUT2D eigenvalue weighted by Gasteiger charge is -2.15. The highest BCUT2D eigenvalue weighted by molar-refractivity contribution is 5.60. The Morgan fingerprint density at radius 3 is 2.75 bits per heavy atom. The van der Waals surface area contributed by atoms with Gasteiger partial charge in [0.1, 0.15) is 5.82 Å². The predicted octanol–water partition coefficient (Wildman–Crippen LogP) is 2.60. The summed E-state index contributed by atoms with van der Waals surface area (Å²) in [6, 6.07) is 6.58. The molecule has 104 valence electrons. The molecule has 0 bridgehead atoms. The summed E-state index contributed by atoms with van der Waals surface area (Å²) in [6.07, 6.45) is 3.39. The van der Waals surface area contributed by atoms with Gasteiger partial charge in [-0.25, -0.2) is 4.98 Å². The van der Waals surface area contributed by atoms with E-state index in [2.05, 4.69) is 20.6 Å². The highest BCUT2D eigenvalue weighted by atomic mass is 16.6. The van der Waals surface area contributed by atoms with Crippen LogP contribution in [-0.4, -0.2) is 21.9 Å². The van der Waals surface area contributed by atoms with Crippen LogP contribution >= 0.6 is 0 Å². The molecule has 0 radical (unpaired) electrons. The fraction of sp³-hybridized carbons (Fsp3) is 0.231. The molecule has 2 rings (SSSR count). The van der Waals surface area contributed by atoms with Gasteiger partial charge in [0.2, 0.25) is 5.82 Å². The number of nitro groups is 1. The lowest BCUT2D eigenvalue weighted by molar-refractivity contribution is -0.384. The minimum absolute atomic E-state index is 0.0558. The predicted molar refractivity (Wildman–Crippen MR) is 76.7 cm³/mol. The smallest absolute Gasteiger partial charge is 0.311 e. The molecule has 1 unspecified atom stereocenters. The number of hydrogen-bond donors (Lipinski definition) is 2. The fourth-order valence-electron chi connectivity index (χ4n) is 1.77. The van der Waals surface area contributed by atoms with Gasteiger partial charge in [0.05, 0.1) is 11.0 Å². The highest BCUT2D eigenvalue weighted by Gasteiger charge is 2.18. The van der Waals surface area contributed by atoms with Gasteiger partial charge in [-0.2, -0.15) is 0 Å². The van der Waals surface area contributed by atoms with E-state index in [9.17, 15) is 10.1 Å². The van der Waals surface area contributed by atoms with Crippen molar-refractivity contribution in [1.29, 1.82) is 0 Å². The molecule has 2 heterocycles. The number of aromatic nitrogens is 2. The molecule has 2 aromatic heterocycles. The maximum atomic E-state index is 11.0. The Labute approximate surface area is 116 Å². The van der Waals surface area contributed by atoms with Crippen LogP contribution in [0.25, 0.3) is 0 Å². The zero-order valence-electron chi connectivity index (χ0n) is 11.2. The third-order valence-electron chi connectivity index (χ3n) is 2.86. The van der Waals surface area contributed by atoms with Crippen LogP contribution < -0.4 is 10.6 Å². The standard InChI is InChI=1S/C13H15N5O2/c1-9(10-4-3-7-15-8-10)16-13-11(18(19)20)5-6-12(14-2)17-13/h3-9H,1-2H3,(H2,14,16,17). The second-order valence-corrected chi connectivity index (χ2v) is 4.22. The average Bonchev–Trinajstić information content (AvgIpc) is 2.47. The summed E-state index contributed by atoms with van der Waals surface area (Å²) < 4.78 is 0. The van der Waals surface area contributed by atoms with E-state index in [1.807, 2.05) is 19.1 Å². The lowest BCUT2D eigenvalue weighted by Crippen LogP contribution is -2.10. The van der Waals surface area contributed by atoms with Crippen LogP contribution in [0.1, 0.15) is 18.5 Å². The van der Waals surface area contributed by atoms with Crippen molar-refractivity contribution in [3.05, 3.63) is 52.3 Å². The highest BCUT2D eigenvalue weighted by Crippen LogP contribution is 2.27. The van der Waals surface area contributed by atoms with E-state index in [-0.39, 0.29) is 17.5 Å². The number of hydrogen-bond acceptors (Lipinski definition) is 6. The van der Waals surface area contributed by atoms with Gasteiger partial charge in [-0.3, -0.25) is 15.1 Å². The third-order valence-corrected chi connectivity index (χ3v) is 2.86. The van der Waals surface area contributed by atoms with Gasteiger partial charge < -0.3 is 10.6 Å². The van der Waals surface area contributed by atoms with Crippen LogP contribution in [0, 0.1) is 10.1 Å².